The highest BCUT2D eigenvalue weighted by Gasteiger charge is 2.24. The summed E-state index contributed by atoms with van der Waals surface area (Å²) >= 11 is 0. The van der Waals surface area contributed by atoms with Crippen molar-refractivity contribution < 1.29 is 14.9 Å². The molecule has 1 fully saturated rings. The van der Waals surface area contributed by atoms with Crippen LogP contribution < -0.4 is 4.74 Å². The Hall–Kier alpha value is -1.89. The van der Waals surface area contributed by atoms with Gasteiger partial charge in [-0.25, -0.2) is 0 Å². The van der Waals surface area contributed by atoms with E-state index >= 15 is 0 Å². The van der Waals surface area contributed by atoms with Crippen molar-refractivity contribution in [2.75, 3.05) is 26.8 Å². The van der Waals surface area contributed by atoms with E-state index in [-0.39, 0.29) is 12.5 Å². The summed E-state index contributed by atoms with van der Waals surface area (Å²) in [4.78, 5) is 2.40. The summed E-state index contributed by atoms with van der Waals surface area (Å²) in [6.45, 7) is 3.33. The van der Waals surface area contributed by atoms with E-state index in [1.807, 2.05) is 23.0 Å². The Balaban J connectivity index is 1.63. The Labute approximate surface area is 148 Å². The Morgan fingerprint density at radius 2 is 2.08 bits per heavy atom. The molecule has 1 aliphatic heterocycles. The molecule has 1 aromatic carbocycles. The number of hydrogen-bond donors (Lipinski definition) is 2. The number of aromatic nitrogens is 2. The molecule has 6 heteroatoms. The number of ether oxygens (including phenoxy) is 1. The monoisotopic (exact) mass is 345 g/mol. The minimum Gasteiger partial charge on any atom is -0.496 e. The van der Waals surface area contributed by atoms with Crippen LogP contribution in [0, 0.1) is 5.92 Å². The highest BCUT2D eigenvalue weighted by Crippen LogP contribution is 2.25. The van der Waals surface area contributed by atoms with Crippen LogP contribution in [-0.2, 0) is 13.1 Å². The van der Waals surface area contributed by atoms with Gasteiger partial charge in [0.1, 0.15) is 5.75 Å². The molecule has 136 valence electrons. The van der Waals surface area contributed by atoms with Crippen molar-refractivity contribution in [3.63, 3.8) is 0 Å². The van der Waals surface area contributed by atoms with Gasteiger partial charge in [0.25, 0.3) is 0 Å². The second-order valence-corrected chi connectivity index (χ2v) is 6.71. The maximum Gasteiger partial charge on any atom is 0.123 e. The van der Waals surface area contributed by atoms with Crippen LogP contribution in [0.25, 0.3) is 0 Å². The molecule has 0 bridgehead atoms. The molecule has 1 atom stereocenters. The first-order chi connectivity index (χ1) is 12.2. The van der Waals surface area contributed by atoms with Gasteiger partial charge in [0.2, 0.25) is 0 Å². The topological polar surface area (TPSA) is 70.8 Å². The van der Waals surface area contributed by atoms with Gasteiger partial charge in [-0.05, 0) is 55.6 Å². The summed E-state index contributed by atoms with van der Waals surface area (Å²) in [5.41, 5.74) is 2.37. The molecule has 0 radical (unpaired) electrons. The van der Waals surface area contributed by atoms with Gasteiger partial charge in [0, 0.05) is 24.5 Å². The van der Waals surface area contributed by atoms with Crippen molar-refractivity contribution in [1.82, 2.24) is 14.7 Å². The third-order valence-electron chi connectivity index (χ3n) is 5.01. The van der Waals surface area contributed by atoms with Crippen LogP contribution in [0.4, 0.5) is 0 Å². The lowest BCUT2D eigenvalue weighted by Gasteiger charge is -2.33. The summed E-state index contributed by atoms with van der Waals surface area (Å²) < 4.78 is 7.38. The van der Waals surface area contributed by atoms with Gasteiger partial charge < -0.3 is 14.9 Å². The number of aliphatic hydroxyl groups excluding tert-OH is 2. The van der Waals surface area contributed by atoms with E-state index in [0.29, 0.717) is 6.54 Å². The maximum atomic E-state index is 9.78. The fraction of sp³-hybridized carbons (Fsp3) is 0.526. The third kappa shape index (κ3) is 4.60. The number of likely N-dealkylation sites (tertiary alicyclic amines) is 1. The predicted octanol–water partition coefficient (Wildman–Crippen LogP) is 1.51. The number of hydrogen-bond acceptors (Lipinski definition) is 5. The summed E-state index contributed by atoms with van der Waals surface area (Å²) in [6, 6.07) is 8.24. The second kappa shape index (κ2) is 8.47. The van der Waals surface area contributed by atoms with Crippen LogP contribution in [0.3, 0.4) is 0 Å². The quantitative estimate of drug-likeness (QED) is 0.796. The summed E-state index contributed by atoms with van der Waals surface area (Å²) in [5.74, 6) is 1.09. The highest BCUT2D eigenvalue weighted by molar-refractivity contribution is 5.37. The molecule has 0 saturated carbocycles. The first-order valence-corrected chi connectivity index (χ1v) is 8.84. The third-order valence-corrected chi connectivity index (χ3v) is 5.01. The maximum absolute atomic E-state index is 9.78. The van der Waals surface area contributed by atoms with Crippen LogP contribution in [0.2, 0.25) is 0 Å². The second-order valence-electron chi connectivity index (χ2n) is 6.71. The highest BCUT2D eigenvalue weighted by atomic mass is 16.5. The van der Waals surface area contributed by atoms with Crippen molar-refractivity contribution in [1.29, 1.82) is 0 Å². The van der Waals surface area contributed by atoms with Crippen molar-refractivity contribution in [2.24, 2.45) is 5.92 Å². The molecule has 2 heterocycles. The number of aliphatic hydroxyl groups is 2. The Morgan fingerprint density at radius 1 is 1.28 bits per heavy atom. The van der Waals surface area contributed by atoms with E-state index in [4.69, 9.17) is 9.84 Å². The molecule has 0 amide bonds. The van der Waals surface area contributed by atoms with E-state index in [0.717, 1.165) is 43.8 Å². The predicted molar refractivity (Wildman–Crippen MR) is 95.4 cm³/mol. The lowest BCUT2D eigenvalue weighted by Crippen LogP contribution is -2.38. The molecule has 1 aromatic heterocycles. The fourth-order valence-electron chi connectivity index (χ4n) is 3.53. The van der Waals surface area contributed by atoms with E-state index in [1.54, 1.807) is 13.3 Å². The van der Waals surface area contributed by atoms with E-state index in [1.165, 1.54) is 5.56 Å². The van der Waals surface area contributed by atoms with Crippen molar-refractivity contribution in [2.45, 2.75) is 32.0 Å². The number of nitrogens with zero attached hydrogens (tertiary/aromatic N) is 3. The van der Waals surface area contributed by atoms with Crippen LogP contribution in [-0.4, -0.2) is 57.8 Å². The number of benzene rings is 1. The lowest BCUT2D eigenvalue weighted by atomic mass is 9.91. The standard InChI is InChI=1S/C19H27N3O3/c1-25-19-4-3-15(11-17(19)13-22-8-2-7-20-22)12-21-9-5-16(6-10-21)18(24)14-23/h2-4,7-8,11,16,18,23-24H,5-6,9-10,12-14H2,1H3. The molecule has 3 rings (SSSR count). The minimum absolute atomic E-state index is 0.139. The van der Waals surface area contributed by atoms with Crippen molar-refractivity contribution in [3.8, 4) is 5.75 Å². The van der Waals surface area contributed by atoms with Crippen molar-refractivity contribution in [3.05, 3.63) is 47.8 Å². The number of rotatable bonds is 7. The van der Waals surface area contributed by atoms with Crippen molar-refractivity contribution >= 4 is 0 Å². The van der Waals surface area contributed by atoms with Crippen LogP contribution in [0.1, 0.15) is 24.0 Å². The van der Waals surface area contributed by atoms with Gasteiger partial charge in [-0.3, -0.25) is 9.58 Å². The summed E-state index contributed by atoms with van der Waals surface area (Å²) in [6.07, 6.45) is 5.00. The molecule has 25 heavy (non-hydrogen) atoms. The molecule has 2 aromatic rings. The average Bonchev–Trinajstić information content (AvgIpc) is 3.15. The minimum atomic E-state index is -0.580. The largest absolute Gasteiger partial charge is 0.496 e. The van der Waals surface area contributed by atoms with Gasteiger partial charge >= 0.3 is 0 Å². The van der Waals surface area contributed by atoms with E-state index in [9.17, 15) is 5.11 Å². The van der Waals surface area contributed by atoms with E-state index < -0.39 is 6.10 Å². The SMILES string of the molecule is COc1ccc(CN2CCC(C(O)CO)CC2)cc1Cn1cccn1. The lowest BCUT2D eigenvalue weighted by molar-refractivity contribution is 0.0172. The van der Waals surface area contributed by atoms with Crippen LogP contribution >= 0.6 is 0 Å². The van der Waals surface area contributed by atoms with Gasteiger partial charge in [-0.1, -0.05) is 6.07 Å². The van der Waals surface area contributed by atoms with Gasteiger partial charge in [0.05, 0.1) is 26.4 Å². The molecule has 2 N–H and O–H groups in total. The molecule has 6 nitrogen and oxygen atoms in total. The molecule has 1 saturated heterocycles. The Morgan fingerprint density at radius 3 is 2.72 bits per heavy atom. The number of methoxy groups -OCH3 is 1. The molecular formula is C19H27N3O3. The zero-order valence-corrected chi connectivity index (χ0v) is 14.7. The fourth-order valence-corrected chi connectivity index (χ4v) is 3.53. The zero-order valence-electron chi connectivity index (χ0n) is 14.7. The van der Waals surface area contributed by atoms with Crippen LogP contribution in [0.5, 0.6) is 5.75 Å². The summed E-state index contributed by atoms with van der Waals surface area (Å²) in [7, 11) is 1.69. The van der Waals surface area contributed by atoms with Gasteiger partial charge in [-0.15, -0.1) is 0 Å². The molecular weight excluding hydrogens is 318 g/mol. The Kier molecular flexibility index (Phi) is 6.07. The first kappa shape index (κ1) is 17.9. The molecule has 0 aliphatic carbocycles. The summed E-state index contributed by atoms with van der Waals surface area (Å²) in [5, 5.41) is 23.1. The van der Waals surface area contributed by atoms with Gasteiger partial charge in [0.15, 0.2) is 0 Å². The van der Waals surface area contributed by atoms with E-state index in [2.05, 4.69) is 22.1 Å². The smallest absolute Gasteiger partial charge is 0.123 e. The Bertz CT molecular complexity index is 652. The number of piperidine rings is 1. The molecule has 1 unspecified atom stereocenters. The molecule has 1 aliphatic rings. The molecule has 0 spiro atoms. The van der Waals surface area contributed by atoms with Crippen LogP contribution in [0.15, 0.2) is 36.7 Å². The normalized spacial score (nSPS) is 17.6. The first-order valence-electron chi connectivity index (χ1n) is 8.84. The zero-order chi connectivity index (χ0) is 17.6. The van der Waals surface area contributed by atoms with Gasteiger partial charge in [-0.2, -0.15) is 5.10 Å². The average molecular weight is 345 g/mol.